The third kappa shape index (κ3) is 4.73. The van der Waals surface area contributed by atoms with E-state index in [0.717, 1.165) is 32.2 Å². The van der Waals surface area contributed by atoms with Crippen molar-refractivity contribution in [2.75, 3.05) is 19.6 Å². The van der Waals surface area contributed by atoms with Gasteiger partial charge in [0.05, 0.1) is 0 Å². The summed E-state index contributed by atoms with van der Waals surface area (Å²) >= 11 is 0. The highest BCUT2D eigenvalue weighted by Crippen LogP contribution is 2.11. The van der Waals surface area contributed by atoms with Crippen molar-refractivity contribution in [2.24, 2.45) is 0 Å². The predicted molar refractivity (Wildman–Crippen MR) is 79.1 cm³/mol. The first-order valence-corrected chi connectivity index (χ1v) is 7.41. The molecule has 0 atom stereocenters. The molecule has 0 aliphatic carbocycles. The lowest BCUT2D eigenvalue weighted by molar-refractivity contribution is -0.130. The molecule has 1 aliphatic rings. The van der Waals surface area contributed by atoms with E-state index in [-0.39, 0.29) is 17.4 Å². The summed E-state index contributed by atoms with van der Waals surface area (Å²) in [6, 6.07) is 2.84. The molecule has 2 heterocycles. The third-order valence-electron chi connectivity index (χ3n) is 3.60. The smallest absolute Gasteiger partial charge is 0.251 e. The van der Waals surface area contributed by atoms with Crippen molar-refractivity contribution in [3.8, 4) is 0 Å². The fourth-order valence-electron chi connectivity index (χ4n) is 2.43. The molecular formula is C15H21N3O3. The normalized spacial score (nSPS) is 15.6. The Bertz CT molecular complexity index is 553. The fourth-order valence-corrected chi connectivity index (χ4v) is 2.43. The number of nitrogens with zero attached hydrogens (tertiary/aromatic N) is 1. The van der Waals surface area contributed by atoms with Crippen LogP contribution in [0.1, 0.15) is 42.5 Å². The monoisotopic (exact) mass is 291 g/mol. The van der Waals surface area contributed by atoms with Crippen LogP contribution in [0.5, 0.6) is 0 Å². The first-order chi connectivity index (χ1) is 10.2. The second kappa shape index (κ2) is 7.61. The molecule has 1 saturated heterocycles. The lowest BCUT2D eigenvalue weighted by atomic mass is 10.2. The molecule has 2 N–H and O–H groups in total. The molecule has 21 heavy (non-hydrogen) atoms. The maximum Gasteiger partial charge on any atom is 0.251 e. The first-order valence-electron chi connectivity index (χ1n) is 7.41. The van der Waals surface area contributed by atoms with Gasteiger partial charge in [0.15, 0.2) is 0 Å². The summed E-state index contributed by atoms with van der Waals surface area (Å²) < 4.78 is 0. The predicted octanol–water partition coefficient (Wildman–Crippen LogP) is 0.897. The SMILES string of the molecule is O=C(NCCCN1CCCCCC1=O)c1cc[nH]c(=O)c1. The molecule has 2 rings (SSSR count). The van der Waals surface area contributed by atoms with E-state index in [1.54, 1.807) is 6.07 Å². The Morgan fingerprint density at radius 1 is 1.29 bits per heavy atom. The molecule has 6 nitrogen and oxygen atoms in total. The number of H-pyrrole nitrogens is 1. The van der Waals surface area contributed by atoms with E-state index in [4.69, 9.17) is 0 Å². The van der Waals surface area contributed by atoms with Crippen molar-refractivity contribution in [2.45, 2.75) is 32.1 Å². The summed E-state index contributed by atoms with van der Waals surface area (Å²) in [5.41, 5.74) is 0.0578. The van der Waals surface area contributed by atoms with E-state index in [2.05, 4.69) is 10.3 Å². The van der Waals surface area contributed by atoms with E-state index >= 15 is 0 Å². The van der Waals surface area contributed by atoms with Crippen LogP contribution in [0.3, 0.4) is 0 Å². The Balaban J connectivity index is 1.73. The van der Waals surface area contributed by atoms with Crippen LogP contribution in [0.4, 0.5) is 0 Å². The summed E-state index contributed by atoms with van der Waals surface area (Å²) in [6.45, 7) is 1.99. The van der Waals surface area contributed by atoms with Gasteiger partial charge in [0, 0.05) is 43.9 Å². The van der Waals surface area contributed by atoms with Gasteiger partial charge in [0.2, 0.25) is 11.5 Å². The Labute approximate surface area is 123 Å². The van der Waals surface area contributed by atoms with Gasteiger partial charge in [0.25, 0.3) is 5.91 Å². The zero-order valence-corrected chi connectivity index (χ0v) is 12.1. The zero-order valence-electron chi connectivity index (χ0n) is 12.1. The number of carbonyl (C=O) groups excluding carboxylic acids is 2. The van der Waals surface area contributed by atoms with E-state index in [0.29, 0.717) is 25.1 Å². The Morgan fingerprint density at radius 3 is 2.95 bits per heavy atom. The van der Waals surface area contributed by atoms with E-state index in [9.17, 15) is 14.4 Å². The number of nitrogens with one attached hydrogen (secondary N) is 2. The molecule has 0 unspecified atom stereocenters. The number of carbonyl (C=O) groups is 2. The van der Waals surface area contributed by atoms with Gasteiger partial charge in [-0.3, -0.25) is 14.4 Å². The van der Waals surface area contributed by atoms with E-state index in [1.165, 1.54) is 12.3 Å². The van der Waals surface area contributed by atoms with Crippen molar-refractivity contribution >= 4 is 11.8 Å². The number of hydrogen-bond acceptors (Lipinski definition) is 3. The van der Waals surface area contributed by atoms with Crippen LogP contribution in [0, 0.1) is 0 Å². The lowest BCUT2D eigenvalue weighted by Gasteiger charge is -2.20. The second-order valence-electron chi connectivity index (χ2n) is 5.24. The highest BCUT2D eigenvalue weighted by molar-refractivity contribution is 5.93. The van der Waals surface area contributed by atoms with Crippen molar-refractivity contribution in [1.82, 2.24) is 15.2 Å². The van der Waals surface area contributed by atoms with Gasteiger partial charge >= 0.3 is 0 Å². The van der Waals surface area contributed by atoms with Crippen molar-refractivity contribution in [1.29, 1.82) is 0 Å². The molecule has 1 aromatic heterocycles. The van der Waals surface area contributed by atoms with Gasteiger partial charge in [-0.05, 0) is 25.3 Å². The molecule has 0 saturated carbocycles. The number of aromatic nitrogens is 1. The van der Waals surface area contributed by atoms with Crippen molar-refractivity contribution < 1.29 is 9.59 Å². The molecule has 0 spiro atoms. The third-order valence-corrected chi connectivity index (χ3v) is 3.60. The number of hydrogen-bond donors (Lipinski definition) is 2. The molecule has 114 valence electrons. The van der Waals surface area contributed by atoms with Crippen LogP contribution in [0.15, 0.2) is 23.1 Å². The summed E-state index contributed by atoms with van der Waals surface area (Å²) in [5, 5.41) is 2.77. The average Bonchev–Trinajstić information content (AvgIpc) is 2.68. The average molecular weight is 291 g/mol. The summed E-state index contributed by atoms with van der Waals surface area (Å²) in [5.74, 6) is -0.0447. The molecule has 0 bridgehead atoms. The van der Waals surface area contributed by atoms with Gasteiger partial charge in [-0.25, -0.2) is 0 Å². The van der Waals surface area contributed by atoms with Gasteiger partial charge in [0.1, 0.15) is 0 Å². The molecule has 1 aliphatic heterocycles. The van der Waals surface area contributed by atoms with Crippen molar-refractivity contribution in [3.05, 3.63) is 34.2 Å². The molecule has 1 aromatic rings. The number of pyridine rings is 1. The molecule has 0 aromatic carbocycles. The molecule has 0 radical (unpaired) electrons. The van der Waals surface area contributed by atoms with Crippen LogP contribution in [0.2, 0.25) is 0 Å². The Morgan fingerprint density at radius 2 is 2.14 bits per heavy atom. The van der Waals surface area contributed by atoms with Crippen LogP contribution >= 0.6 is 0 Å². The summed E-state index contributed by atoms with van der Waals surface area (Å²) in [7, 11) is 0. The number of likely N-dealkylation sites (tertiary alicyclic amines) is 1. The highest BCUT2D eigenvalue weighted by Gasteiger charge is 2.15. The zero-order chi connectivity index (χ0) is 15.1. The first kappa shape index (κ1) is 15.3. The quantitative estimate of drug-likeness (QED) is 0.791. The van der Waals surface area contributed by atoms with Gasteiger partial charge in [-0.1, -0.05) is 6.42 Å². The Kier molecular flexibility index (Phi) is 5.54. The van der Waals surface area contributed by atoms with Crippen LogP contribution in [0.25, 0.3) is 0 Å². The minimum atomic E-state index is -0.294. The molecule has 2 amide bonds. The highest BCUT2D eigenvalue weighted by atomic mass is 16.2. The maximum atomic E-state index is 11.8. The minimum Gasteiger partial charge on any atom is -0.352 e. The number of aromatic amines is 1. The van der Waals surface area contributed by atoms with Gasteiger partial charge < -0.3 is 15.2 Å². The van der Waals surface area contributed by atoms with Crippen LogP contribution in [-0.2, 0) is 4.79 Å². The van der Waals surface area contributed by atoms with Crippen LogP contribution in [-0.4, -0.2) is 41.3 Å². The summed E-state index contributed by atoms with van der Waals surface area (Å²) in [4.78, 5) is 39.1. The standard InChI is InChI=1S/C15H21N3O3/c19-13-11-12(6-8-16-13)15(21)17-7-4-10-18-9-3-1-2-5-14(18)20/h6,8,11H,1-5,7,9-10H2,(H,16,19)(H,17,21). The fraction of sp³-hybridized carbons (Fsp3) is 0.533. The van der Waals surface area contributed by atoms with Gasteiger partial charge in [-0.2, -0.15) is 0 Å². The number of rotatable bonds is 5. The molecule has 1 fully saturated rings. The lowest BCUT2D eigenvalue weighted by Crippen LogP contribution is -2.34. The second-order valence-corrected chi connectivity index (χ2v) is 5.24. The minimum absolute atomic E-state index is 0.216. The van der Waals surface area contributed by atoms with Crippen molar-refractivity contribution in [3.63, 3.8) is 0 Å². The molecular weight excluding hydrogens is 270 g/mol. The Hall–Kier alpha value is -2.11. The number of amides is 2. The topological polar surface area (TPSA) is 82.3 Å². The summed E-state index contributed by atoms with van der Waals surface area (Å²) in [6.07, 6.45) is 5.97. The van der Waals surface area contributed by atoms with E-state index in [1.807, 2.05) is 4.90 Å². The molecule has 6 heteroatoms. The van der Waals surface area contributed by atoms with Crippen LogP contribution < -0.4 is 10.9 Å². The van der Waals surface area contributed by atoms with E-state index < -0.39 is 0 Å². The van der Waals surface area contributed by atoms with Gasteiger partial charge in [-0.15, -0.1) is 0 Å². The largest absolute Gasteiger partial charge is 0.352 e. The maximum absolute atomic E-state index is 11.8.